The summed E-state index contributed by atoms with van der Waals surface area (Å²) in [6.07, 6.45) is 18.3. The molecule has 0 radical (unpaired) electrons. The van der Waals surface area contributed by atoms with E-state index in [-0.39, 0.29) is 0 Å². The van der Waals surface area contributed by atoms with Crippen molar-refractivity contribution in [3.8, 4) is 0 Å². The summed E-state index contributed by atoms with van der Waals surface area (Å²) in [5.41, 5.74) is 0.567. The second-order valence-electron chi connectivity index (χ2n) is 5.76. The molecule has 0 spiro atoms. The molecule has 0 saturated carbocycles. The number of carboxylic acid groups (broad SMARTS) is 1. The highest BCUT2D eigenvalue weighted by molar-refractivity contribution is 5.86. The molecule has 0 aromatic rings. The van der Waals surface area contributed by atoms with Gasteiger partial charge in [-0.05, 0) is 19.8 Å². The molecule has 0 saturated heterocycles. The lowest BCUT2D eigenvalue weighted by Crippen LogP contribution is -1.99. The van der Waals surface area contributed by atoms with Gasteiger partial charge in [-0.15, -0.1) is 0 Å². The predicted molar refractivity (Wildman–Crippen MR) is 87.1 cm³/mol. The number of allylic oxidation sites excluding steroid dienone is 1. The molecule has 0 heterocycles. The molecule has 0 aromatic carbocycles. The molecule has 118 valence electrons. The van der Waals surface area contributed by atoms with Crippen molar-refractivity contribution in [1.82, 2.24) is 0 Å². The lowest BCUT2D eigenvalue weighted by atomic mass is 10.0. The van der Waals surface area contributed by atoms with Crippen molar-refractivity contribution in [1.29, 1.82) is 0 Å². The van der Waals surface area contributed by atoms with E-state index in [9.17, 15) is 4.79 Å². The van der Waals surface area contributed by atoms with Crippen LogP contribution in [-0.4, -0.2) is 11.1 Å². The Morgan fingerprint density at radius 1 is 0.800 bits per heavy atom. The highest BCUT2D eigenvalue weighted by atomic mass is 16.4. The quantitative estimate of drug-likeness (QED) is 0.308. The van der Waals surface area contributed by atoms with Crippen LogP contribution in [0.3, 0.4) is 0 Å². The Bertz CT molecular complexity index is 256. The molecule has 0 amide bonds. The zero-order valence-corrected chi connectivity index (χ0v) is 13.6. The van der Waals surface area contributed by atoms with Gasteiger partial charge in [-0.1, -0.05) is 83.6 Å². The first kappa shape index (κ1) is 19.2. The highest BCUT2D eigenvalue weighted by Crippen LogP contribution is 2.14. The van der Waals surface area contributed by atoms with Crippen LogP contribution < -0.4 is 0 Å². The standard InChI is InChI=1S/C18H34O2/c1-3-5-6-7-8-9-10-11-12-13-14-15-16-17(4-2)18(19)20/h4H,3,5-16H2,1-2H3,(H,19,20). The lowest BCUT2D eigenvalue weighted by Gasteiger charge is -2.03. The van der Waals surface area contributed by atoms with E-state index in [0.29, 0.717) is 5.57 Å². The molecule has 0 unspecified atom stereocenters. The van der Waals surface area contributed by atoms with Crippen LogP contribution in [0.1, 0.15) is 97.3 Å². The van der Waals surface area contributed by atoms with Gasteiger partial charge in [0.05, 0.1) is 0 Å². The molecule has 0 bridgehead atoms. The molecule has 0 aliphatic heterocycles. The highest BCUT2D eigenvalue weighted by Gasteiger charge is 2.04. The van der Waals surface area contributed by atoms with Gasteiger partial charge in [-0.2, -0.15) is 0 Å². The summed E-state index contributed by atoms with van der Waals surface area (Å²) in [5.74, 6) is -0.754. The van der Waals surface area contributed by atoms with Crippen LogP contribution in [0.4, 0.5) is 0 Å². The fraction of sp³-hybridized carbons (Fsp3) is 0.833. The Kier molecular flexibility index (Phi) is 14.0. The molecule has 20 heavy (non-hydrogen) atoms. The van der Waals surface area contributed by atoms with Crippen LogP contribution in [0.25, 0.3) is 0 Å². The summed E-state index contributed by atoms with van der Waals surface area (Å²) in [5, 5.41) is 8.88. The average Bonchev–Trinajstić information content (AvgIpc) is 2.43. The van der Waals surface area contributed by atoms with Crippen molar-refractivity contribution < 1.29 is 9.90 Å². The van der Waals surface area contributed by atoms with Crippen molar-refractivity contribution in [3.05, 3.63) is 11.6 Å². The SMILES string of the molecule is CC=C(CCCCCCCCCCCCCC)C(=O)O. The van der Waals surface area contributed by atoms with Gasteiger partial charge in [0.15, 0.2) is 0 Å². The zero-order chi connectivity index (χ0) is 15.1. The molecule has 0 aromatic heterocycles. The second-order valence-corrected chi connectivity index (χ2v) is 5.76. The fourth-order valence-electron chi connectivity index (χ4n) is 2.53. The van der Waals surface area contributed by atoms with E-state index in [1.54, 1.807) is 6.08 Å². The lowest BCUT2D eigenvalue weighted by molar-refractivity contribution is -0.132. The topological polar surface area (TPSA) is 37.3 Å². The van der Waals surface area contributed by atoms with E-state index >= 15 is 0 Å². The van der Waals surface area contributed by atoms with Crippen LogP contribution in [0.15, 0.2) is 11.6 Å². The maximum absolute atomic E-state index is 10.8. The van der Waals surface area contributed by atoms with Crippen LogP contribution in [-0.2, 0) is 4.79 Å². The summed E-state index contributed by atoms with van der Waals surface area (Å²) in [6.45, 7) is 4.07. The first-order chi connectivity index (χ1) is 9.72. The molecule has 1 N–H and O–H groups in total. The second kappa shape index (κ2) is 14.6. The molecular formula is C18H34O2. The summed E-state index contributed by atoms with van der Waals surface area (Å²) in [4.78, 5) is 10.8. The number of rotatable bonds is 14. The third-order valence-electron chi connectivity index (χ3n) is 3.92. The van der Waals surface area contributed by atoms with Crippen molar-refractivity contribution in [2.45, 2.75) is 97.3 Å². The number of hydrogen-bond acceptors (Lipinski definition) is 1. The van der Waals surface area contributed by atoms with E-state index in [2.05, 4.69) is 6.92 Å². The Labute approximate surface area is 125 Å². The van der Waals surface area contributed by atoms with Gasteiger partial charge in [0, 0.05) is 5.57 Å². The van der Waals surface area contributed by atoms with Crippen molar-refractivity contribution in [2.75, 3.05) is 0 Å². The van der Waals surface area contributed by atoms with E-state index in [1.165, 1.54) is 70.6 Å². The number of hydrogen-bond donors (Lipinski definition) is 1. The van der Waals surface area contributed by atoms with Crippen molar-refractivity contribution >= 4 is 5.97 Å². The first-order valence-corrected chi connectivity index (χ1v) is 8.60. The average molecular weight is 282 g/mol. The summed E-state index contributed by atoms with van der Waals surface area (Å²) >= 11 is 0. The molecule has 0 rings (SSSR count). The maximum atomic E-state index is 10.8. The molecule has 2 heteroatoms. The molecular weight excluding hydrogens is 248 g/mol. The van der Waals surface area contributed by atoms with E-state index < -0.39 is 5.97 Å². The smallest absolute Gasteiger partial charge is 0.331 e. The predicted octanol–water partition coefficient (Wildman–Crippen LogP) is 6.11. The van der Waals surface area contributed by atoms with Gasteiger partial charge in [-0.3, -0.25) is 0 Å². The number of unbranched alkanes of at least 4 members (excludes halogenated alkanes) is 11. The Balaban J connectivity index is 3.19. The summed E-state index contributed by atoms with van der Waals surface area (Å²) in [6, 6.07) is 0. The molecule has 2 nitrogen and oxygen atoms in total. The fourth-order valence-corrected chi connectivity index (χ4v) is 2.53. The van der Waals surface area contributed by atoms with Crippen molar-refractivity contribution in [3.63, 3.8) is 0 Å². The third kappa shape index (κ3) is 12.3. The van der Waals surface area contributed by atoms with E-state index in [1.807, 2.05) is 6.92 Å². The van der Waals surface area contributed by atoms with Crippen LogP contribution in [0.2, 0.25) is 0 Å². The Morgan fingerprint density at radius 2 is 1.20 bits per heavy atom. The van der Waals surface area contributed by atoms with Crippen molar-refractivity contribution in [2.24, 2.45) is 0 Å². The minimum atomic E-state index is -0.754. The molecule has 0 aliphatic rings. The van der Waals surface area contributed by atoms with Crippen LogP contribution in [0, 0.1) is 0 Å². The first-order valence-electron chi connectivity index (χ1n) is 8.60. The van der Waals surface area contributed by atoms with Gasteiger partial charge < -0.3 is 5.11 Å². The summed E-state index contributed by atoms with van der Waals surface area (Å²) in [7, 11) is 0. The number of aliphatic carboxylic acids is 1. The largest absolute Gasteiger partial charge is 0.478 e. The minimum Gasteiger partial charge on any atom is -0.478 e. The van der Waals surface area contributed by atoms with Gasteiger partial charge in [0.2, 0.25) is 0 Å². The van der Waals surface area contributed by atoms with E-state index in [4.69, 9.17) is 5.11 Å². The summed E-state index contributed by atoms with van der Waals surface area (Å²) < 4.78 is 0. The zero-order valence-electron chi connectivity index (χ0n) is 13.6. The van der Waals surface area contributed by atoms with Gasteiger partial charge in [0.25, 0.3) is 0 Å². The number of carbonyl (C=O) groups is 1. The Morgan fingerprint density at radius 3 is 1.55 bits per heavy atom. The van der Waals surface area contributed by atoms with Crippen LogP contribution in [0.5, 0.6) is 0 Å². The van der Waals surface area contributed by atoms with Gasteiger partial charge in [0.1, 0.15) is 0 Å². The Hall–Kier alpha value is -0.790. The van der Waals surface area contributed by atoms with Gasteiger partial charge in [-0.25, -0.2) is 4.79 Å². The maximum Gasteiger partial charge on any atom is 0.331 e. The third-order valence-corrected chi connectivity index (χ3v) is 3.92. The van der Waals surface area contributed by atoms with Crippen LogP contribution >= 0.6 is 0 Å². The monoisotopic (exact) mass is 282 g/mol. The van der Waals surface area contributed by atoms with E-state index in [0.717, 1.165) is 12.8 Å². The normalized spacial score (nSPS) is 11.8. The molecule has 0 atom stereocenters. The number of carboxylic acids is 1. The van der Waals surface area contributed by atoms with Gasteiger partial charge >= 0.3 is 5.97 Å². The molecule has 0 aliphatic carbocycles. The minimum absolute atomic E-state index is 0.567. The molecule has 0 fully saturated rings.